The fourth-order valence-corrected chi connectivity index (χ4v) is 7.19. The highest BCUT2D eigenvalue weighted by Gasteiger charge is 2.35. The van der Waals surface area contributed by atoms with Crippen molar-refractivity contribution in [1.82, 2.24) is 47.9 Å². The van der Waals surface area contributed by atoms with Gasteiger partial charge in [-0.3, -0.25) is 47.9 Å². The van der Waals surface area contributed by atoms with Crippen LogP contribution in [0.15, 0.2) is 24.3 Å². The third-order valence-corrected chi connectivity index (χ3v) is 11.4. The zero-order chi connectivity index (χ0) is 57.1. The molecule has 0 spiro atoms. The van der Waals surface area contributed by atoms with Gasteiger partial charge in [0.05, 0.1) is 25.1 Å². The lowest BCUT2D eigenvalue weighted by Gasteiger charge is -2.28. The summed E-state index contributed by atoms with van der Waals surface area (Å²) in [4.78, 5) is 144. The van der Waals surface area contributed by atoms with E-state index in [0.29, 0.717) is 31.2 Å². The number of aliphatic hydroxyl groups is 1. The van der Waals surface area contributed by atoms with Crippen molar-refractivity contribution < 1.29 is 68.1 Å². The molecule has 0 saturated carbocycles. The molecule has 0 saturated heterocycles. The molecule has 1 rings (SSSR count). The fraction of sp³-hybridized carbons (Fsp3) is 0.646. The van der Waals surface area contributed by atoms with Crippen LogP contribution in [0.2, 0.25) is 0 Å². The van der Waals surface area contributed by atoms with Crippen LogP contribution < -0.4 is 70.8 Å². The van der Waals surface area contributed by atoms with Crippen molar-refractivity contribution >= 4 is 65.0 Å². The molecule has 1 aromatic carbocycles. The van der Waals surface area contributed by atoms with Gasteiger partial charge in [-0.1, -0.05) is 39.8 Å². The summed E-state index contributed by atoms with van der Waals surface area (Å²) in [6, 6.07) is -6.10. The first-order valence-electron chi connectivity index (χ1n) is 24.9. The maximum absolute atomic E-state index is 14.0. The summed E-state index contributed by atoms with van der Waals surface area (Å²) in [6.45, 7) is 10.5. The Morgan fingerprint density at radius 3 is 1.52 bits per heavy atom. The fourth-order valence-electron chi connectivity index (χ4n) is 7.19. The molecule has 0 radical (unpaired) electrons. The largest absolute Gasteiger partial charge is 0.508 e. The summed E-state index contributed by atoms with van der Waals surface area (Å²) in [5.41, 5.74) is 22.8. The first-order chi connectivity index (χ1) is 35.1. The smallest absolute Gasteiger partial charge is 0.326 e. The van der Waals surface area contributed by atoms with Crippen molar-refractivity contribution in [2.45, 2.75) is 167 Å². The topological polar surface area (TPSA) is 461 Å². The van der Waals surface area contributed by atoms with Crippen molar-refractivity contribution in [2.75, 3.05) is 19.6 Å². The van der Waals surface area contributed by atoms with Gasteiger partial charge in [0.25, 0.3) is 0 Å². The number of amides is 10. The van der Waals surface area contributed by atoms with E-state index in [9.17, 15) is 68.1 Å². The number of rotatable bonds is 35. The number of hydrogen-bond donors (Lipinski definition) is 16. The zero-order valence-corrected chi connectivity index (χ0v) is 43.9. The maximum Gasteiger partial charge on any atom is 0.326 e. The lowest BCUT2D eigenvalue weighted by molar-refractivity contribution is -0.144. The van der Waals surface area contributed by atoms with Gasteiger partial charge in [0.15, 0.2) is 0 Å². The zero-order valence-electron chi connectivity index (χ0n) is 43.9. The van der Waals surface area contributed by atoms with E-state index in [4.69, 9.17) is 22.9 Å². The van der Waals surface area contributed by atoms with E-state index in [-0.39, 0.29) is 50.4 Å². The molecule has 0 aliphatic heterocycles. The minimum Gasteiger partial charge on any atom is -0.508 e. The average molecular weight is 1060 g/mol. The summed E-state index contributed by atoms with van der Waals surface area (Å²) in [7, 11) is 0. The predicted octanol–water partition coefficient (Wildman–Crippen LogP) is -4.40. The lowest BCUT2D eigenvalue weighted by Crippen LogP contribution is -2.61. The van der Waals surface area contributed by atoms with Gasteiger partial charge in [0, 0.05) is 6.42 Å². The van der Waals surface area contributed by atoms with Crippen molar-refractivity contribution in [3.8, 4) is 5.75 Å². The number of nitrogens with one attached hydrogen (secondary N) is 9. The summed E-state index contributed by atoms with van der Waals surface area (Å²) in [6.07, 6.45) is -0.529. The number of primary amides is 1. The second-order valence-electron chi connectivity index (χ2n) is 19.1. The van der Waals surface area contributed by atoms with Crippen molar-refractivity contribution in [3.05, 3.63) is 29.8 Å². The number of nitrogens with two attached hydrogens (primary N) is 4. The quantitative estimate of drug-likeness (QED) is 0.0285. The number of hydrogen-bond acceptors (Lipinski definition) is 16. The van der Waals surface area contributed by atoms with Gasteiger partial charge < -0.3 is 86.1 Å². The maximum atomic E-state index is 14.0. The van der Waals surface area contributed by atoms with Crippen molar-refractivity contribution in [2.24, 2.45) is 34.8 Å². The van der Waals surface area contributed by atoms with Gasteiger partial charge in [0.1, 0.15) is 54.1 Å². The molecule has 10 atom stereocenters. The minimum atomic E-state index is -1.77. The third-order valence-electron chi connectivity index (χ3n) is 11.4. The van der Waals surface area contributed by atoms with E-state index in [1.807, 2.05) is 5.32 Å². The van der Waals surface area contributed by atoms with Crippen LogP contribution in [0.5, 0.6) is 5.75 Å². The molecule has 0 aliphatic rings. The van der Waals surface area contributed by atoms with Gasteiger partial charge in [0.2, 0.25) is 59.1 Å². The number of carbonyl (C=O) groups is 11. The number of unbranched alkanes of at least 4 members (excludes halogenated alkanes) is 2. The van der Waals surface area contributed by atoms with Crippen LogP contribution >= 0.6 is 0 Å². The Labute approximate surface area is 436 Å². The number of carbonyl (C=O) groups excluding carboxylic acids is 10. The van der Waals surface area contributed by atoms with Gasteiger partial charge in [-0.2, -0.15) is 0 Å². The third kappa shape index (κ3) is 25.2. The standard InChI is InChI=1S/C48H81N13O14/c1-24(2)20-33(58-45(71)34(57-40(66)26(5)51)21-29-14-16-30(63)17-15-29)42(68)53-23-37(65)55-31(12-8-10-18-49)43(69)56-32(13-9-11-19-50)44(70)60-38(25(3)4)46(72)54-27(6)41(67)61-39(28(7)62)47(73)59-35(48(74)75)22-36(52)64/h14-17,24-28,31-35,38-39,62-63H,8-13,18-23,49-51H2,1-7H3,(H2,52,64)(H,53,68)(H,54,72)(H,55,65)(H,56,69)(H,57,66)(H,58,71)(H,59,73)(H,60,70)(H,61,67)(H,74,75)/t26-,27-,28+,31-,32-,33-,34-,35-,38-,39-/m0/s1. The van der Waals surface area contributed by atoms with Crippen LogP contribution in [0.1, 0.15) is 105 Å². The number of aromatic hydroxyl groups is 1. The van der Waals surface area contributed by atoms with Gasteiger partial charge >= 0.3 is 5.97 Å². The molecular formula is C48H81N13O14. The van der Waals surface area contributed by atoms with E-state index in [1.165, 1.54) is 26.0 Å². The molecule has 0 bridgehead atoms. The number of phenols is 1. The second kappa shape index (κ2) is 33.8. The number of aliphatic hydroxyl groups excluding tert-OH is 1. The molecule has 1 aromatic rings. The molecule has 27 nitrogen and oxygen atoms in total. The Hall–Kier alpha value is -6.97. The molecule has 10 amide bonds. The predicted molar refractivity (Wildman–Crippen MR) is 273 cm³/mol. The van der Waals surface area contributed by atoms with E-state index >= 15 is 0 Å². The number of aliphatic carboxylic acids is 1. The molecule has 0 heterocycles. The summed E-state index contributed by atoms with van der Waals surface area (Å²) < 4.78 is 0. The van der Waals surface area contributed by atoms with Gasteiger partial charge in [-0.05, 0) is 108 Å². The molecule has 0 aliphatic carbocycles. The van der Waals surface area contributed by atoms with Crippen LogP contribution in [0.4, 0.5) is 0 Å². The van der Waals surface area contributed by atoms with E-state index in [1.54, 1.807) is 39.8 Å². The van der Waals surface area contributed by atoms with Crippen LogP contribution in [-0.2, 0) is 59.2 Å². The van der Waals surface area contributed by atoms with E-state index in [2.05, 4.69) is 42.5 Å². The number of benzene rings is 1. The van der Waals surface area contributed by atoms with Gasteiger partial charge in [-0.25, -0.2) is 4.79 Å². The van der Waals surface area contributed by atoms with Crippen molar-refractivity contribution in [3.63, 3.8) is 0 Å². The molecule has 20 N–H and O–H groups in total. The number of phenolic OH excluding ortho intramolecular Hbond substituents is 1. The molecule has 422 valence electrons. The monoisotopic (exact) mass is 1060 g/mol. The SMILES string of the molecule is CC(C)C[C@H](NC(=O)[C@H](Cc1ccc(O)cc1)NC(=O)[C@H](C)N)C(=O)NCC(=O)N[C@@H](CCCCN)C(=O)N[C@@H](CCCCN)C(=O)N[C@H](C(=O)N[C@@H](C)C(=O)N[C@H](C(=O)N[C@@H](CC(N)=O)C(=O)O)[C@@H](C)O)C(C)C. The van der Waals surface area contributed by atoms with Crippen LogP contribution in [-0.4, -0.2) is 160 Å². The minimum absolute atomic E-state index is 0.00977. The summed E-state index contributed by atoms with van der Waals surface area (Å²) in [5, 5.41) is 51.6. The first-order valence-corrected chi connectivity index (χ1v) is 24.9. The first kappa shape index (κ1) is 66.0. The molecular weight excluding hydrogens is 983 g/mol. The second-order valence-corrected chi connectivity index (χ2v) is 19.1. The summed E-state index contributed by atoms with van der Waals surface area (Å²) in [5.74, 6) is -10.9. The van der Waals surface area contributed by atoms with E-state index < -0.39 is 144 Å². The van der Waals surface area contributed by atoms with Crippen molar-refractivity contribution in [1.29, 1.82) is 0 Å². The Morgan fingerprint density at radius 1 is 0.547 bits per heavy atom. The molecule has 0 aromatic heterocycles. The lowest BCUT2D eigenvalue weighted by atomic mass is 10.0. The Kier molecular flexibility index (Phi) is 29.7. The van der Waals surface area contributed by atoms with Crippen LogP contribution in [0.25, 0.3) is 0 Å². The molecule has 27 heteroatoms. The highest BCUT2D eigenvalue weighted by atomic mass is 16.4. The number of carboxylic acids is 1. The number of carboxylic acid groups (broad SMARTS) is 1. The summed E-state index contributed by atoms with van der Waals surface area (Å²) >= 11 is 0. The molecule has 75 heavy (non-hydrogen) atoms. The molecule has 0 unspecified atom stereocenters. The van der Waals surface area contributed by atoms with Gasteiger partial charge in [-0.15, -0.1) is 0 Å². The average Bonchev–Trinajstić information content (AvgIpc) is 3.32. The molecule has 0 fully saturated rings. The Morgan fingerprint density at radius 2 is 1.03 bits per heavy atom. The Balaban J connectivity index is 3.23. The Bertz CT molecular complexity index is 2090. The highest BCUT2D eigenvalue weighted by molar-refractivity contribution is 5.98. The van der Waals surface area contributed by atoms with E-state index in [0.717, 1.165) is 6.92 Å². The van der Waals surface area contributed by atoms with Crippen LogP contribution in [0, 0.1) is 11.8 Å². The van der Waals surface area contributed by atoms with Crippen LogP contribution in [0.3, 0.4) is 0 Å². The normalized spacial score (nSPS) is 15.2. The highest BCUT2D eigenvalue weighted by Crippen LogP contribution is 2.14.